The summed E-state index contributed by atoms with van der Waals surface area (Å²) in [5, 5.41) is 11.2. The summed E-state index contributed by atoms with van der Waals surface area (Å²) in [4.78, 5) is 41.3. The molecule has 7 heterocycles. The number of imidazole rings is 2. The normalized spacial score (nSPS) is 21.3. The molecule has 2 atom stereocenters. The van der Waals surface area contributed by atoms with Crippen molar-refractivity contribution in [3.05, 3.63) is 95.5 Å². The van der Waals surface area contributed by atoms with Gasteiger partial charge in [-0.15, -0.1) is 0 Å². The Bertz CT molecular complexity index is 2950. The van der Waals surface area contributed by atoms with Crippen LogP contribution in [0, 0.1) is 27.7 Å². The van der Waals surface area contributed by atoms with Gasteiger partial charge in [-0.2, -0.15) is 0 Å². The highest BCUT2D eigenvalue weighted by Gasteiger charge is 2.41. The number of benzene rings is 2. The van der Waals surface area contributed by atoms with E-state index in [0.29, 0.717) is 38.5 Å². The number of carbonyl (C=O) groups is 2. The number of pyridine rings is 1. The number of nitrogens with zero attached hydrogens (tertiary/aromatic N) is 8. The maximum atomic E-state index is 14.1. The molecule has 4 aliphatic rings. The van der Waals surface area contributed by atoms with Gasteiger partial charge >= 0.3 is 0 Å². The van der Waals surface area contributed by atoms with Crippen molar-refractivity contribution < 1.29 is 36.2 Å². The molecule has 2 aromatic carbocycles. The summed E-state index contributed by atoms with van der Waals surface area (Å²) in [5.41, 5.74) is 9.49. The minimum Gasteiger partial charge on any atom is -0.361 e. The molecule has 5 aromatic heterocycles. The predicted octanol–water partition coefficient (Wildman–Crippen LogP) is 12.1. The Labute approximate surface area is 390 Å². The Morgan fingerprint density at radius 3 is 1.69 bits per heavy atom. The first-order valence-corrected chi connectivity index (χ1v) is 23.8. The molecule has 0 unspecified atom stereocenters. The number of hydrogen-bond acceptors (Lipinski definition) is 9. The monoisotopic (exact) mass is 933 g/mol. The Balaban J connectivity index is 0.000000161. The van der Waals surface area contributed by atoms with Gasteiger partial charge in [-0.3, -0.25) is 14.6 Å². The summed E-state index contributed by atoms with van der Waals surface area (Å²) in [7, 11) is 0. The molecular weight excluding hydrogens is 879 g/mol. The number of carbonyl (C=O) groups excluding carboxylic acids is 2. The van der Waals surface area contributed by atoms with E-state index in [1.54, 1.807) is 17.3 Å². The average Bonchev–Trinajstić information content (AvgIpc) is 4.08. The van der Waals surface area contributed by atoms with Crippen LogP contribution in [0.2, 0.25) is 0 Å². The fraction of sp³-hybridized carbons (Fsp3) is 0.471. The van der Waals surface area contributed by atoms with Crippen LogP contribution < -0.4 is 10.2 Å². The Morgan fingerprint density at radius 1 is 0.662 bits per heavy atom. The van der Waals surface area contributed by atoms with E-state index in [9.17, 15) is 27.2 Å². The first kappa shape index (κ1) is 45.4. The summed E-state index contributed by atoms with van der Waals surface area (Å²) in [6.07, 6.45) is 8.43. The van der Waals surface area contributed by atoms with Gasteiger partial charge in [0.25, 0.3) is 0 Å². The molecule has 2 saturated heterocycles. The number of aryl methyl sites for hydroxylation is 4. The number of anilines is 1. The number of rotatable bonds is 7. The molecule has 13 nitrogen and oxygen atoms in total. The van der Waals surface area contributed by atoms with Crippen molar-refractivity contribution in [1.82, 2.24) is 39.7 Å². The topological polar surface area (TPSA) is 150 Å². The summed E-state index contributed by atoms with van der Waals surface area (Å²) in [6, 6.07) is 15.1. The smallest absolute Gasteiger partial charge is 0.248 e. The van der Waals surface area contributed by atoms with Gasteiger partial charge in [0.2, 0.25) is 23.7 Å². The molecule has 2 amide bonds. The third kappa shape index (κ3) is 8.68. The van der Waals surface area contributed by atoms with Crippen LogP contribution in [0.5, 0.6) is 0 Å². The third-order valence-electron chi connectivity index (χ3n) is 14.4. The lowest BCUT2D eigenvalue weighted by Crippen LogP contribution is -2.40. The fourth-order valence-corrected chi connectivity index (χ4v) is 11.1. The Morgan fingerprint density at radius 2 is 1.19 bits per heavy atom. The molecule has 17 heteroatoms. The number of fused-ring (bicyclic) bond motifs is 2. The van der Waals surface area contributed by atoms with Crippen molar-refractivity contribution in [3.63, 3.8) is 0 Å². The largest absolute Gasteiger partial charge is 0.361 e. The second kappa shape index (κ2) is 17.9. The van der Waals surface area contributed by atoms with Gasteiger partial charge in [0.15, 0.2) is 0 Å². The van der Waals surface area contributed by atoms with Crippen LogP contribution in [0.3, 0.4) is 0 Å². The van der Waals surface area contributed by atoms with E-state index in [0.717, 1.165) is 110 Å². The van der Waals surface area contributed by atoms with Gasteiger partial charge < -0.3 is 28.4 Å². The van der Waals surface area contributed by atoms with Crippen LogP contribution in [0.25, 0.3) is 44.3 Å². The van der Waals surface area contributed by atoms with Crippen LogP contribution in [-0.4, -0.2) is 58.1 Å². The van der Waals surface area contributed by atoms with Crippen molar-refractivity contribution in [2.45, 2.75) is 154 Å². The number of piperidine rings is 2. The van der Waals surface area contributed by atoms with Crippen molar-refractivity contribution in [2.24, 2.45) is 0 Å². The third-order valence-corrected chi connectivity index (χ3v) is 14.4. The number of amides is 2. The second-order valence-corrected chi connectivity index (χ2v) is 19.1. The van der Waals surface area contributed by atoms with Gasteiger partial charge in [-0.25, -0.2) is 27.5 Å². The molecule has 68 heavy (non-hydrogen) atoms. The van der Waals surface area contributed by atoms with Crippen LogP contribution in [0.4, 0.5) is 23.2 Å². The molecule has 2 aliphatic heterocycles. The fourth-order valence-electron chi connectivity index (χ4n) is 11.1. The molecule has 2 aliphatic carbocycles. The molecule has 4 fully saturated rings. The lowest BCUT2D eigenvalue weighted by Gasteiger charge is -2.37. The van der Waals surface area contributed by atoms with Crippen molar-refractivity contribution in [1.29, 1.82) is 0 Å². The van der Waals surface area contributed by atoms with E-state index >= 15 is 0 Å². The van der Waals surface area contributed by atoms with E-state index in [1.807, 2.05) is 76.2 Å². The lowest BCUT2D eigenvalue weighted by atomic mass is 9.91. The van der Waals surface area contributed by atoms with Crippen LogP contribution in [-0.2, 0) is 9.59 Å². The number of halogens is 4. The zero-order valence-corrected chi connectivity index (χ0v) is 38.7. The maximum Gasteiger partial charge on any atom is 0.248 e. The van der Waals surface area contributed by atoms with Crippen molar-refractivity contribution >= 4 is 39.6 Å². The summed E-state index contributed by atoms with van der Waals surface area (Å²) >= 11 is 0. The van der Waals surface area contributed by atoms with Crippen molar-refractivity contribution in [2.75, 3.05) is 4.90 Å². The number of nitrogens with one attached hydrogen (secondary N) is 1. The molecule has 11 rings (SSSR count). The van der Waals surface area contributed by atoms with Crippen molar-refractivity contribution in [3.8, 4) is 22.3 Å². The average molecular weight is 934 g/mol. The van der Waals surface area contributed by atoms with Gasteiger partial charge in [0.05, 0.1) is 57.4 Å². The highest BCUT2D eigenvalue weighted by molar-refractivity contribution is 5.95. The number of hydrogen-bond donors (Lipinski definition) is 1. The summed E-state index contributed by atoms with van der Waals surface area (Å²) < 4.78 is 70.8. The molecule has 0 radical (unpaired) electrons. The second-order valence-electron chi connectivity index (χ2n) is 19.1. The zero-order valence-electron chi connectivity index (χ0n) is 38.7. The maximum absolute atomic E-state index is 14.1. The zero-order chi connectivity index (χ0) is 47.5. The van der Waals surface area contributed by atoms with Crippen LogP contribution in [0.1, 0.15) is 149 Å². The van der Waals surface area contributed by atoms with Gasteiger partial charge in [-0.05, 0) is 127 Å². The first-order valence-electron chi connectivity index (χ1n) is 23.8. The Hall–Kier alpha value is -6.39. The Kier molecular flexibility index (Phi) is 12.0. The van der Waals surface area contributed by atoms with E-state index in [-0.39, 0.29) is 61.7 Å². The standard InChI is InChI=1S/C28H29F2N5O2.C23H26F2N4O2/c1-17-26(18(2)37-33-17)19-8-9-23-22(15-19)32-27(35(23)20-10-12-28(29,30)13-11-20)24-6-3-7-25(36)34(24)21-5-4-14-31-16-21;1-13-21(14(2)31-28-13)15-6-7-19-18(12-15)27-22(17-4-3-5-20(30)26-17)29(19)16-8-10-23(24,25)11-9-16/h4-5,8-9,14-16,20,24H,3,6-7,10-13H2,1-2H3;6-7,12,16-17H,3-5,8-11H2,1-2H3,(H,26,30)/t24-;17-/m00/s1. The SMILES string of the molecule is Cc1noc(C)c1-c1ccc2c(c1)nc([C@@H]1CCCC(=O)N1)n2C1CCC(F)(F)CC1.Cc1noc(C)c1-c1ccc2c(c1)nc([C@@H]1CCCC(=O)N1c1cccnc1)n2C1CCC(F)(F)CC1. The van der Waals surface area contributed by atoms with E-state index in [4.69, 9.17) is 19.0 Å². The van der Waals surface area contributed by atoms with Gasteiger partial charge in [0.1, 0.15) is 23.2 Å². The molecule has 356 valence electrons. The highest BCUT2D eigenvalue weighted by atomic mass is 19.3. The van der Waals surface area contributed by atoms with Crippen LogP contribution >= 0.6 is 0 Å². The minimum absolute atomic E-state index is 0.0152. The number of aromatic nitrogens is 7. The quantitative estimate of drug-likeness (QED) is 0.154. The molecule has 1 N–H and O–H groups in total. The number of alkyl halides is 4. The molecule has 7 aromatic rings. The summed E-state index contributed by atoms with van der Waals surface area (Å²) in [6.45, 7) is 7.57. The molecule has 0 bridgehead atoms. The first-order chi connectivity index (χ1) is 32.6. The van der Waals surface area contributed by atoms with Crippen LogP contribution in [0.15, 0.2) is 70.0 Å². The van der Waals surface area contributed by atoms with E-state index < -0.39 is 11.8 Å². The van der Waals surface area contributed by atoms with E-state index in [2.05, 4.69) is 29.7 Å². The van der Waals surface area contributed by atoms with Gasteiger partial charge in [-0.1, -0.05) is 22.4 Å². The van der Waals surface area contributed by atoms with E-state index in [1.165, 1.54) is 0 Å². The molecule has 0 spiro atoms. The predicted molar refractivity (Wildman–Crippen MR) is 247 cm³/mol. The molecular formula is C51H55F4N9O4. The highest BCUT2D eigenvalue weighted by Crippen LogP contribution is 2.45. The molecule has 2 saturated carbocycles. The van der Waals surface area contributed by atoms with Gasteiger partial charge in [0, 0.05) is 67.9 Å². The minimum atomic E-state index is -2.63. The summed E-state index contributed by atoms with van der Waals surface area (Å²) in [5.74, 6) is -2.20. The lowest BCUT2D eigenvalue weighted by molar-refractivity contribution is -0.123.